The highest BCUT2D eigenvalue weighted by Gasteiger charge is 2.13. The number of hydrogen-bond donors (Lipinski definition) is 2. The molecule has 0 saturated heterocycles. The fraction of sp³-hybridized carbons (Fsp3) is 0.385. The van der Waals surface area contributed by atoms with Crippen LogP contribution in [0.15, 0.2) is 36.4 Å². The topological polar surface area (TPSA) is 56.3 Å². The van der Waals surface area contributed by atoms with Crippen LogP contribution >= 0.6 is 49.6 Å². The molecule has 2 aromatic carbocycles. The molecular formula is C26H38Cl4N6. The number of likely N-dealkylation sites (N-methyl/N-ethyl adjacent to an activating group) is 2. The molecule has 10 heteroatoms. The fourth-order valence-electron chi connectivity index (χ4n) is 4.16. The van der Waals surface area contributed by atoms with E-state index in [2.05, 4.69) is 98.9 Å². The Labute approximate surface area is 239 Å². The largest absolute Gasteiger partial charge is 0.383 e. The first-order valence-corrected chi connectivity index (χ1v) is 11.2. The van der Waals surface area contributed by atoms with E-state index in [0.29, 0.717) is 0 Å². The standard InChI is InChI=1S/C26H34N6.4ClH/c1-17-15-23(27-11-13-31(3)4)21-9-8-20-19(25(21)29-17)7-10-22-24(28-12-14-32(5)6)16-18(2)30-26(20)22;;;;/h7-10,15-16H,11-14H2,1-6H3,(H,27,29)(H,28,30);4*1H. The number of aromatic nitrogens is 2. The van der Waals surface area contributed by atoms with E-state index in [-0.39, 0.29) is 49.6 Å². The first-order valence-electron chi connectivity index (χ1n) is 11.2. The summed E-state index contributed by atoms with van der Waals surface area (Å²) in [5.74, 6) is 0. The van der Waals surface area contributed by atoms with Gasteiger partial charge in [-0.1, -0.05) is 24.3 Å². The summed E-state index contributed by atoms with van der Waals surface area (Å²) in [6.45, 7) is 7.87. The molecule has 4 rings (SSSR count). The molecule has 0 fully saturated rings. The average Bonchev–Trinajstić information content (AvgIpc) is 2.72. The van der Waals surface area contributed by atoms with Crippen LogP contribution in [0.25, 0.3) is 32.6 Å². The number of halogens is 4. The highest BCUT2D eigenvalue weighted by atomic mass is 35.5. The first-order chi connectivity index (χ1) is 15.3. The maximum absolute atomic E-state index is 4.93. The molecule has 0 atom stereocenters. The van der Waals surface area contributed by atoms with E-state index >= 15 is 0 Å². The van der Waals surface area contributed by atoms with Crippen molar-refractivity contribution in [3.8, 4) is 0 Å². The van der Waals surface area contributed by atoms with E-state index in [1.165, 1.54) is 0 Å². The van der Waals surface area contributed by atoms with Crippen LogP contribution in [0.1, 0.15) is 11.4 Å². The van der Waals surface area contributed by atoms with E-state index < -0.39 is 0 Å². The molecule has 36 heavy (non-hydrogen) atoms. The Morgan fingerprint density at radius 1 is 0.583 bits per heavy atom. The number of rotatable bonds is 8. The van der Waals surface area contributed by atoms with Crippen molar-refractivity contribution in [2.45, 2.75) is 13.8 Å². The van der Waals surface area contributed by atoms with Crippen molar-refractivity contribution in [2.75, 3.05) is 65.0 Å². The summed E-state index contributed by atoms with van der Waals surface area (Å²) in [5.41, 5.74) is 6.37. The zero-order valence-corrected chi connectivity index (χ0v) is 25.0. The molecule has 2 heterocycles. The third-order valence-corrected chi connectivity index (χ3v) is 5.76. The van der Waals surface area contributed by atoms with Gasteiger partial charge in [-0.3, -0.25) is 9.97 Å². The van der Waals surface area contributed by atoms with E-state index in [1.807, 2.05) is 0 Å². The monoisotopic (exact) mass is 574 g/mol. The van der Waals surface area contributed by atoms with Gasteiger partial charge in [-0.05, 0) is 54.2 Å². The van der Waals surface area contributed by atoms with Crippen molar-refractivity contribution in [1.29, 1.82) is 0 Å². The third-order valence-electron chi connectivity index (χ3n) is 5.76. The Kier molecular flexibility index (Phi) is 14.1. The van der Waals surface area contributed by atoms with Gasteiger partial charge in [-0.25, -0.2) is 0 Å². The number of nitrogens with one attached hydrogen (secondary N) is 2. The fourth-order valence-corrected chi connectivity index (χ4v) is 4.16. The molecule has 0 aliphatic rings. The summed E-state index contributed by atoms with van der Waals surface area (Å²) >= 11 is 0. The molecular weight excluding hydrogens is 538 g/mol. The van der Waals surface area contributed by atoms with Gasteiger partial charge in [-0.2, -0.15) is 0 Å². The zero-order chi connectivity index (χ0) is 22.8. The van der Waals surface area contributed by atoms with Gasteiger partial charge in [0.15, 0.2) is 0 Å². The second kappa shape index (κ2) is 14.8. The normalized spacial score (nSPS) is 10.6. The van der Waals surface area contributed by atoms with Gasteiger partial charge in [0.2, 0.25) is 0 Å². The van der Waals surface area contributed by atoms with Gasteiger partial charge < -0.3 is 20.4 Å². The van der Waals surface area contributed by atoms with Crippen molar-refractivity contribution >= 4 is 93.6 Å². The number of hydrogen-bond acceptors (Lipinski definition) is 6. The highest BCUT2D eigenvalue weighted by Crippen LogP contribution is 2.35. The lowest BCUT2D eigenvalue weighted by Crippen LogP contribution is -2.21. The summed E-state index contributed by atoms with van der Waals surface area (Å²) in [4.78, 5) is 14.2. The second-order valence-corrected chi connectivity index (χ2v) is 9.10. The van der Waals surface area contributed by atoms with Gasteiger partial charge in [0.25, 0.3) is 0 Å². The first kappa shape index (κ1) is 34.2. The van der Waals surface area contributed by atoms with E-state index in [9.17, 15) is 0 Å². The van der Waals surface area contributed by atoms with Crippen molar-refractivity contribution in [2.24, 2.45) is 0 Å². The molecule has 2 N–H and O–H groups in total. The molecule has 0 spiro atoms. The molecule has 0 amide bonds. The number of nitrogens with zero attached hydrogens (tertiary/aromatic N) is 4. The molecule has 200 valence electrons. The molecule has 6 nitrogen and oxygen atoms in total. The lowest BCUT2D eigenvalue weighted by atomic mass is 10.0. The lowest BCUT2D eigenvalue weighted by Gasteiger charge is -2.16. The number of benzene rings is 2. The van der Waals surface area contributed by atoms with Crippen molar-refractivity contribution in [1.82, 2.24) is 19.8 Å². The molecule has 0 aliphatic carbocycles. The zero-order valence-electron chi connectivity index (χ0n) is 21.7. The average molecular weight is 576 g/mol. The predicted molar refractivity (Wildman–Crippen MR) is 167 cm³/mol. The molecule has 0 radical (unpaired) electrons. The van der Waals surface area contributed by atoms with Crippen LogP contribution in [0.3, 0.4) is 0 Å². The summed E-state index contributed by atoms with van der Waals surface area (Å²) in [6.07, 6.45) is 0. The van der Waals surface area contributed by atoms with Crippen LogP contribution in [0.2, 0.25) is 0 Å². The maximum atomic E-state index is 4.93. The van der Waals surface area contributed by atoms with Gasteiger partial charge in [0.1, 0.15) is 0 Å². The van der Waals surface area contributed by atoms with Crippen molar-refractivity contribution in [3.05, 3.63) is 47.8 Å². The van der Waals surface area contributed by atoms with Gasteiger partial charge in [0, 0.05) is 70.5 Å². The Balaban J connectivity index is 0.00000306. The Morgan fingerprint density at radius 2 is 0.917 bits per heavy atom. The Hall–Kier alpha value is -1.80. The van der Waals surface area contributed by atoms with Crippen molar-refractivity contribution < 1.29 is 0 Å². The second-order valence-electron chi connectivity index (χ2n) is 9.10. The molecule has 0 unspecified atom stereocenters. The predicted octanol–water partition coefficient (Wildman–Crippen LogP) is 6.19. The number of aryl methyl sites for hydroxylation is 2. The Morgan fingerprint density at radius 3 is 1.25 bits per heavy atom. The highest BCUT2D eigenvalue weighted by molar-refractivity contribution is 6.18. The molecule has 0 bridgehead atoms. The minimum atomic E-state index is 0. The summed E-state index contributed by atoms with van der Waals surface area (Å²) in [7, 11) is 8.37. The number of anilines is 2. The molecule has 4 aromatic rings. The van der Waals surface area contributed by atoms with Crippen LogP contribution in [-0.2, 0) is 0 Å². The van der Waals surface area contributed by atoms with Crippen LogP contribution in [0, 0.1) is 13.8 Å². The summed E-state index contributed by atoms with van der Waals surface area (Å²) in [6, 6.07) is 13.0. The summed E-state index contributed by atoms with van der Waals surface area (Å²) in [5, 5.41) is 11.8. The summed E-state index contributed by atoms with van der Waals surface area (Å²) < 4.78 is 0. The smallest absolute Gasteiger partial charge is 0.0805 e. The third kappa shape index (κ3) is 7.60. The van der Waals surface area contributed by atoms with Gasteiger partial charge in [-0.15, -0.1) is 49.6 Å². The molecule has 2 aromatic heterocycles. The number of pyridine rings is 2. The quantitative estimate of drug-likeness (QED) is 0.244. The van der Waals surface area contributed by atoms with E-state index in [0.717, 1.165) is 81.5 Å². The number of fused-ring (bicyclic) bond motifs is 5. The maximum Gasteiger partial charge on any atom is 0.0805 e. The molecule has 0 saturated carbocycles. The minimum Gasteiger partial charge on any atom is -0.383 e. The van der Waals surface area contributed by atoms with E-state index in [4.69, 9.17) is 9.97 Å². The molecule has 0 aliphatic heterocycles. The minimum absolute atomic E-state index is 0. The van der Waals surface area contributed by atoms with Crippen molar-refractivity contribution in [3.63, 3.8) is 0 Å². The SMILES string of the molecule is Cc1cc(NCCN(C)C)c2ccc3c(ccc4c(NCCN(C)C)cc(C)nc43)c2n1.Cl.Cl.Cl.Cl. The van der Waals surface area contributed by atoms with Gasteiger partial charge in [0.05, 0.1) is 11.0 Å². The van der Waals surface area contributed by atoms with Crippen LogP contribution < -0.4 is 10.6 Å². The van der Waals surface area contributed by atoms with Crippen LogP contribution in [-0.4, -0.2) is 74.1 Å². The Bertz CT molecular complexity index is 1180. The van der Waals surface area contributed by atoms with Gasteiger partial charge >= 0.3 is 0 Å². The van der Waals surface area contributed by atoms with E-state index in [1.54, 1.807) is 0 Å². The van der Waals surface area contributed by atoms with Crippen LogP contribution in [0.4, 0.5) is 11.4 Å². The lowest BCUT2D eigenvalue weighted by molar-refractivity contribution is 0.425. The van der Waals surface area contributed by atoms with Crippen LogP contribution in [0.5, 0.6) is 0 Å².